The van der Waals surface area contributed by atoms with Gasteiger partial charge in [-0.3, -0.25) is 0 Å². The van der Waals surface area contributed by atoms with Crippen LogP contribution in [0.25, 0.3) is 11.1 Å². The molecule has 0 aliphatic heterocycles. The van der Waals surface area contributed by atoms with Gasteiger partial charge in [-0.1, -0.05) is 90.5 Å². The van der Waals surface area contributed by atoms with Crippen molar-refractivity contribution in [2.45, 2.75) is 18.3 Å². The van der Waals surface area contributed by atoms with E-state index in [9.17, 15) is 0 Å². The quantitative estimate of drug-likeness (QED) is 0.249. The molecule has 0 amide bonds. The van der Waals surface area contributed by atoms with E-state index in [-0.39, 0.29) is 5.41 Å². The molecule has 0 nitrogen and oxygen atoms in total. The summed E-state index contributed by atoms with van der Waals surface area (Å²) in [6.07, 6.45) is 1.90. The number of hydrogen-bond donors (Lipinski definition) is 0. The molecule has 1 aliphatic carbocycles. The topological polar surface area (TPSA) is 0 Å². The Morgan fingerprint density at radius 1 is 0.655 bits per heavy atom. The SMILES string of the molecule is Clc1ccc2c(c1)C(Cc1ccccc1)(Cc1ccccc1)c1c(I)cccc1-2. The zero-order chi connectivity index (χ0) is 19.8. The van der Waals surface area contributed by atoms with Crippen LogP contribution in [-0.2, 0) is 18.3 Å². The maximum atomic E-state index is 6.54. The first-order valence-corrected chi connectivity index (χ1v) is 11.3. The van der Waals surface area contributed by atoms with E-state index in [0.29, 0.717) is 0 Å². The van der Waals surface area contributed by atoms with Gasteiger partial charge in [0.15, 0.2) is 0 Å². The minimum atomic E-state index is -0.143. The van der Waals surface area contributed by atoms with Gasteiger partial charge in [0.05, 0.1) is 0 Å². The highest BCUT2D eigenvalue weighted by Crippen LogP contribution is 2.54. The van der Waals surface area contributed by atoms with E-state index in [2.05, 4.69) is 114 Å². The lowest BCUT2D eigenvalue weighted by atomic mass is 9.69. The van der Waals surface area contributed by atoms with Crippen molar-refractivity contribution in [3.8, 4) is 11.1 Å². The van der Waals surface area contributed by atoms with Gasteiger partial charge in [0.1, 0.15) is 0 Å². The van der Waals surface area contributed by atoms with E-state index in [0.717, 1.165) is 17.9 Å². The number of benzene rings is 4. The van der Waals surface area contributed by atoms with Gasteiger partial charge in [-0.05, 0) is 87.0 Å². The predicted octanol–water partition coefficient (Wildman–Crippen LogP) is 7.70. The Bertz CT molecular complexity index is 1120. The standard InChI is InChI=1S/C27H20ClI/c28-21-14-15-22-23-12-7-13-25(29)26(23)27(24(22)16-21,17-19-8-3-1-4-9-19)18-20-10-5-2-6-11-20/h1-16H,17-18H2. The van der Waals surface area contributed by atoms with Crippen molar-refractivity contribution in [2.24, 2.45) is 0 Å². The van der Waals surface area contributed by atoms with Crippen LogP contribution in [0.4, 0.5) is 0 Å². The van der Waals surface area contributed by atoms with E-state index in [1.807, 2.05) is 6.07 Å². The van der Waals surface area contributed by atoms with E-state index in [1.54, 1.807) is 0 Å². The smallest absolute Gasteiger partial charge is 0.0409 e. The van der Waals surface area contributed by atoms with Gasteiger partial charge in [0.2, 0.25) is 0 Å². The fraction of sp³-hybridized carbons (Fsp3) is 0.111. The van der Waals surface area contributed by atoms with E-state index in [4.69, 9.17) is 11.6 Å². The Balaban J connectivity index is 1.80. The third-order valence-corrected chi connectivity index (χ3v) is 7.11. The Morgan fingerprint density at radius 3 is 1.90 bits per heavy atom. The van der Waals surface area contributed by atoms with Crippen molar-refractivity contribution in [2.75, 3.05) is 0 Å². The monoisotopic (exact) mass is 506 g/mol. The van der Waals surface area contributed by atoms with Crippen molar-refractivity contribution in [3.05, 3.63) is 128 Å². The molecule has 142 valence electrons. The number of rotatable bonds is 4. The fourth-order valence-electron chi connectivity index (χ4n) is 4.84. The third-order valence-electron chi connectivity index (χ3n) is 5.98. The molecule has 0 spiro atoms. The summed E-state index contributed by atoms with van der Waals surface area (Å²) in [5.74, 6) is 0. The van der Waals surface area contributed by atoms with E-state index >= 15 is 0 Å². The van der Waals surface area contributed by atoms with Crippen LogP contribution in [0.15, 0.2) is 97.1 Å². The first kappa shape index (κ1) is 18.9. The molecule has 5 rings (SSSR count). The minimum Gasteiger partial charge on any atom is -0.0843 e. The molecule has 0 N–H and O–H groups in total. The Morgan fingerprint density at radius 2 is 1.28 bits per heavy atom. The molecule has 4 aromatic rings. The van der Waals surface area contributed by atoms with Gasteiger partial charge in [-0.15, -0.1) is 0 Å². The van der Waals surface area contributed by atoms with Crippen LogP contribution in [0.3, 0.4) is 0 Å². The van der Waals surface area contributed by atoms with E-state index in [1.165, 1.54) is 37.0 Å². The average Bonchev–Trinajstić information content (AvgIpc) is 3.00. The second kappa shape index (κ2) is 7.62. The maximum absolute atomic E-state index is 6.54. The zero-order valence-electron chi connectivity index (χ0n) is 15.9. The van der Waals surface area contributed by atoms with E-state index < -0.39 is 0 Å². The molecule has 0 fully saturated rings. The van der Waals surface area contributed by atoms with Gasteiger partial charge >= 0.3 is 0 Å². The van der Waals surface area contributed by atoms with Crippen molar-refractivity contribution < 1.29 is 0 Å². The number of fused-ring (bicyclic) bond motifs is 3. The zero-order valence-corrected chi connectivity index (χ0v) is 18.8. The largest absolute Gasteiger partial charge is 0.0843 e. The van der Waals surface area contributed by atoms with Crippen LogP contribution >= 0.6 is 34.2 Å². The highest BCUT2D eigenvalue weighted by molar-refractivity contribution is 14.1. The van der Waals surface area contributed by atoms with Crippen molar-refractivity contribution in [3.63, 3.8) is 0 Å². The van der Waals surface area contributed by atoms with Crippen LogP contribution in [-0.4, -0.2) is 0 Å². The second-order valence-corrected chi connectivity index (χ2v) is 9.36. The summed E-state index contributed by atoms with van der Waals surface area (Å²) >= 11 is 9.05. The third kappa shape index (κ3) is 3.31. The molecular weight excluding hydrogens is 487 g/mol. The number of hydrogen-bond acceptors (Lipinski definition) is 0. The van der Waals surface area contributed by atoms with Gasteiger partial charge in [0.25, 0.3) is 0 Å². The highest BCUT2D eigenvalue weighted by atomic mass is 127. The molecular formula is C27H20ClI. The lowest BCUT2D eigenvalue weighted by Crippen LogP contribution is -2.32. The molecule has 0 radical (unpaired) electrons. The Hall–Kier alpha value is -2.10. The molecule has 0 saturated carbocycles. The molecule has 0 heterocycles. The second-order valence-electron chi connectivity index (χ2n) is 7.76. The molecule has 29 heavy (non-hydrogen) atoms. The molecule has 0 saturated heterocycles. The van der Waals surface area contributed by atoms with Crippen molar-refractivity contribution in [1.29, 1.82) is 0 Å². The first-order chi connectivity index (χ1) is 14.2. The molecule has 1 aliphatic rings. The summed E-state index contributed by atoms with van der Waals surface area (Å²) in [5, 5.41) is 0.803. The minimum absolute atomic E-state index is 0.143. The lowest BCUT2D eigenvalue weighted by Gasteiger charge is -2.34. The predicted molar refractivity (Wildman–Crippen MR) is 131 cm³/mol. The summed E-state index contributed by atoms with van der Waals surface area (Å²) in [6, 6.07) is 34.8. The van der Waals surface area contributed by atoms with Crippen LogP contribution in [0, 0.1) is 3.57 Å². The maximum Gasteiger partial charge on any atom is 0.0409 e. The molecule has 2 heteroatoms. The molecule has 0 unspecified atom stereocenters. The summed E-state index contributed by atoms with van der Waals surface area (Å²) in [7, 11) is 0. The van der Waals surface area contributed by atoms with Gasteiger partial charge in [-0.25, -0.2) is 0 Å². The first-order valence-electron chi connectivity index (χ1n) is 9.85. The Labute approximate surface area is 190 Å². The lowest BCUT2D eigenvalue weighted by molar-refractivity contribution is 0.517. The van der Waals surface area contributed by atoms with Crippen LogP contribution < -0.4 is 0 Å². The fourth-order valence-corrected chi connectivity index (χ4v) is 6.02. The summed E-state index contributed by atoms with van der Waals surface area (Å²) in [6.45, 7) is 0. The van der Waals surface area contributed by atoms with Crippen LogP contribution in [0.5, 0.6) is 0 Å². The molecule has 0 bridgehead atoms. The van der Waals surface area contributed by atoms with Gasteiger partial charge < -0.3 is 0 Å². The average molecular weight is 507 g/mol. The summed E-state index contributed by atoms with van der Waals surface area (Å²) < 4.78 is 1.32. The Kier molecular flexibility index (Phi) is 4.97. The van der Waals surface area contributed by atoms with Crippen molar-refractivity contribution >= 4 is 34.2 Å². The van der Waals surface area contributed by atoms with Crippen LogP contribution in [0.1, 0.15) is 22.3 Å². The van der Waals surface area contributed by atoms with Crippen LogP contribution in [0.2, 0.25) is 5.02 Å². The molecule has 4 aromatic carbocycles. The highest BCUT2D eigenvalue weighted by Gasteiger charge is 2.44. The summed E-state index contributed by atoms with van der Waals surface area (Å²) in [5.41, 5.74) is 7.99. The van der Waals surface area contributed by atoms with Gasteiger partial charge in [0, 0.05) is 14.0 Å². The van der Waals surface area contributed by atoms with Gasteiger partial charge in [-0.2, -0.15) is 0 Å². The van der Waals surface area contributed by atoms with Crippen molar-refractivity contribution in [1.82, 2.24) is 0 Å². The normalized spacial score (nSPS) is 13.7. The number of halogens is 2. The summed E-state index contributed by atoms with van der Waals surface area (Å²) in [4.78, 5) is 0. The molecule has 0 atom stereocenters. The molecule has 0 aromatic heterocycles.